The van der Waals surface area contributed by atoms with Crippen LogP contribution in [-0.4, -0.2) is 22.3 Å². The van der Waals surface area contributed by atoms with E-state index in [1.807, 2.05) is 48.8 Å². The minimum absolute atomic E-state index is 0.279. The van der Waals surface area contributed by atoms with E-state index in [-0.39, 0.29) is 5.56 Å². The molecule has 134 valence electrons. The zero-order chi connectivity index (χ0) is 19.1. The first-order chi connectivity index (χ1) is 13.7. The van der Waals surface area contributed by atoms with Gasteiger partial charge in [-0.15, -0.1) is 0 Å². The van der Waals surface area contributed by atoms with E-state index in [2.05, 4.69) is 34.2 Å². The van der Waals surface area contributed by atoms with Gasteiger partial charge in [0.15, 0.2) is 6.21 Å². The third kappa shape index (κ3) is 2.55. The summed E-state index contributed by atoms with van der Waals surface area (Å²) in [6.07, 6.45) is 4.04. The largest absolute Gasteiger partial charge is 0.478 e. The summed E-state index contributed by atoms with van der Waals surface area (Å²) in [5.41, 5.74) is 7.75. The van der Waals surface area contributed by atoms with Crippen LogP contribution in [0.2, 0.25) is 0 Å². The van der Waals surface area contributed by atoms with E-state index in [9.17, 15) is 9.90 Å². The molecule has 0 spiro atoms. The molecule has 4 aromatic rings. The van der Waals surface area contributed by atoms with Crippen molar-refractivity contribution in [1.29, 1.82) is 0 Å². The maximum atomic E-state index is 11.3. The van der Waals surface area contributed by atoms with Crippen molar-refractivity contribution in [2.45, 2.75) is 0 Å². The van der Waals surface area contributed by atoms with Crippen molar-refractivity contribution in [3.63, 3.8) is 0 Å². The lowest BCUT2D eigenvalue weighted by molar-refractivity contribution is -0.342. The Labute approximate surface area is 161 Å². The number of fused-ring (bicyclic) bond motifs is 2. The molecule has 0 saturated carbocycles. The standard InChI is InChI=1S/C24H16N2O2/c27-24(28)16-11-9-15(10-12-16)23(19-13-25-21-7-3-1-5-17(19)21)20-14-26-22-8-4-2-6-18(20)22/h1-14,25H,(H,27,28)/p+1/b23-20+. The van der Waals surface area contributed by atoms with E-state index >= 15 is 0 Å². The predicted molar refractivity (Wildman–Crippen MR) is 111 cm³/mol. The van der Waals surface area contributed by atoms with Gasteiger partial charge < -0.3 is 10.1 Å². The van der Waals surface area contributed by atoms with Crippen LogP contribution in [0.15, 0.2) is 79.0 Å². The number of aromatic amines is 1. The summed E-state index contributed by atoms with van der Waals surface area (Å²) < 4.78 is 0. The minimum atomic E-state index is -0.924. The second-order valence-corrected chi connectivity index (χ2v) is 6.75. The molecule has 0 radical (unpaired) electrons. The summed E-state index contributed by atoms with van der Waals surface area (Å²) in [7, 11) is 0. The SMILES string of the molecule is O=C(O)c1ccc(/C(=C2/C=[NH+]c3ccccc32)c2c[nH]c3ccccc23)cc1. The quantitative estimate of drug-likeness (QED) is 0.519. The van der Waals surface area contributed by atoms with Gasteiger partial charge in [0.2, 0.25) is 5.69 Å². The lowest BCUT2D eigenvalue weighted by Crippen LogP contribution is -2.58. The van der Waals surface area contributed by atoms with Gasteiger partial charge >= 0.3 is 5.97 Å². The van der Waals surface area contributed by atoms with E-state index in [1.54, 1.807) is 12.1 Å². The number of rotatable bonds is 3. The zero-order valence-electron chi connectivity index (χ0n) is 14.9. The molecule has 4 heteroatoms. The van der Waals surface area contributed by atoms with Gasteiger partial charge in [-0.2, -0.15) is 0 Å². The second-order valence-electron chi connectivity index (χ2n) is 6.75. The van der Waals surface area contributed by atoms with E-state index < -0.39 is 5.97 Å². The Hall–Kier alpha value is -3.92. The molecule has 5 rings (SSSR count). The number of allylic oxidation sites excluding steroid dienone is 1. The Bertz CT molecular complexity index is 1280. The maximum Gasteiger partial charge on any atom is 0.335 e. The normalized spacial score (nSPS) is 14.3. The molecule has 0 saturated heterocycles. The monoisotopic (exact) mass is 365 g/mol. The first-order valence-electron chi connectivity index (χ1n) is 9.06. The summed E-state index contributed by atoms with van der Waals surface area (Å²) in [5, 5.41) is 10.4. The number of hydrogen-bond donors (Lipinski definition) is 3. The highest BCUT2D eigenvalue weighted by atomic mass is 16.4. The first-order valence-corrected chi connectivity index (χ1v) is 9.06. The second kappa shape index (κ2) is 6.35. The van der Waals surface area contributed by atoms with Crippen molar-refractivity contribution < 1.29 is 14.9 Å². The van der Waals surface area contributed by atoms with E-state index in [1.165, 1.54) is 0 Å². The lowest BCUT2D eigenvalue weighted by atomic mass is 9.90. The lowest BCUT2D eigenvalue weighted by Gasteiger charge is -2.11. The number of carboxylic acid groups (broad SMARTS) is 1. The van der Waals surface area contributed by atoms with Crippen molar-refractivity contribution in [3.8, 4) is 0 Å². The Morgan fingerprint density at radius 2 is 1.57 bits per heavy atom. The smallest absolute Gasteiger partial charge is 0.335 e. The molecule has 0 fully saturated rings. The Balaban J connectivity index is 1.80. The number of H-pyrrole nitrogens is 1. The highest BCUT2D eigenvalue weighted by Gasteiger charge is 2.24. The van der Waals surface area contributed by atoms with Crippen LogP contribution in [-0.2, 0) is 0 Å². The molecule has 1 aliphatic rings. The van der Waals surface area contributed by atoms with Crippen LogP contribution < -0.4 is 4.99 Å². The van der Waals surface area contributed by atoms with Crippen molar-refractivity contribution in [1.82, 2.24) is 4.98 Å². The number of hydrogen-bond acceptors (Lipinski definition) is 1. The fraction of sp³-hybridized carbons (Fsp3) is 0. The van der Waals surface area contributed by atoms with Crippen LogP contribution >= 0.6 is 0 Å². The summed E-state index contributed by atoms with van der Waals surface area (Å²) in [6.45, 7) is 0. The molecule has 0 atom stereocenters. The van der Waals surface area contributed by atoms with Crippen LogP contribution in [0.1, 0.15) is 27.0 Å². The number of carboxylic acids is 1. The molecular weight excluding hydrogens is 348 g/mol. The van der Waals surface area contributed by atoms with Gasteiger partial charge in [0.25, 0.3) is 0 Å². The number of benzene rings is 3. The average molecular weight is 365 g/mol. The fourth-order valence-electron chi connectivity index (χ4n) is 3.79. The highest BCUT2D eigenvalue weighted by Crippen LogP contribution is 2.37. The molecule has 28 heavy (non-hydrogen) atoms. The molecule has 1 aromatic heterocycles. The van der Waals surface area contributed by atoms with E-state index in [0.29, 0.717) is 0 Å². The topological polar surface area (TPSA) is 67.1 Å². The van der Waals surface area contributed by atoms with Crippen LogP contribution in [0.4, 0.5) is 5.69 Å². The highest BCUT2D eigenvalue weighted by molar-refractivity contribution is 6.24. The minimum Gasteiger partial charge on any atom is -0.478 e. The number of aromatic nitrogens is 1. The average Bonchev–Trinajstić information content (AvgIpc) is 3.34. The number of aromatic carboxylic acids is 1. The fourth-order valence-corrected chi connectivity index (χ4v) is 3.79. The van der Waals surface area contributed by atoms with Crippen molar-refractivity contribution in [2.24, 2.45) is 0 Å². The van der Waals surface area contributed by atoms with Gasteiger partial charge in [0, 0.05) is 34.3 Å². The van der Waals surface area contributed by atoms with Gasteiger partial charge in [-0.3, -0.25) is 0 Å². The number of carbonyl (C=O) groups is 1. The molecule has 0 aliphatic carbocycles. The third-order valence-electron chi connectivity index (χ3n) is 5.14. The Morgan fingerprint density at radius 1 is 0.857 bits per heavy atom. The van der Waals surface area contributed by atoms with Gasteiger partial charge in [-0.1, -0.05) is 42.5 Å². The molecule has 3 aromatic carbocycles. The van der Waals surface area contributed by atoms with Crippen molar-refractivity contribution in [3.05, 3.63) is 101 Å². The molecule has 4 nitrogen and oxygen atoms in total. The Morgan fingerprint density at radius 3 is 2.39 bits per heavy atom. The van der Waals surface area contributed by atoms with E-state index in [4.69, 9.17) is 0 Å². The summed E-state index contributed by atoms with van der Waals surface area (Å²) >= 11 is 0. The predicted octanol–water partition coefficient (Wildman–Crippen LogP) is 3.62. The number of nitrogens with one attached hydrogen (secondary N) is 2. The van der Waals surface area contributed by atoms with Gasteiger partial charge in [-0.25, -0.2) is 9.79 Å². The Kier molecular flexibility index (Phi) is 3.69. The van der Waals surface area contributed by atoms with Gasteiger partial charge in [0.05, 0.1) is 16.7 Å². The van der Waals surface area contributed by atoms with Crippen LogP contribution in [0.3, 0.4) is 0 Å². The first kappa shape index (κ1) is 16.3. The summed E-state index contributed by atoms with van der Waals surface area (Å²) in [5.74, 6) is -0.924. The van der Waals surface area contributed by atoms with Gasteiger partial charge in [-0.05, 0) is 29.8 Å². The third-order valence-corrected chi connectivity index (χ3v) is 5.14. The summed E-state index contributed by atoms with van der Waals surface area (Å²) in [4.78, 5) is 18.0. The van der Waals surface area contributed by atoms with Crippen molar-refractivity contribution >= 4 is 39.9 Å². The van der Waals surface area contributed by atoms with Crippen molar-refractivity contribution in [2.75, 3.05) is 0 Å². The molecular formula is C24H17N2O2+. The molecule has 0 unspecified atom stereocenters. The molecule has 0 amide bonds. The molecule has 0 bridgehead atoms. The molecule has 3 N–H and O–H groups in total. The van der Waals surface area contributed by atoms with E-state index in [0.717, 1.165) is 44.4 Å². The maximum absolute atomic E-state index is 11.3. The van der Waals surface area contributed by atoms with Crippen LogP contribution in [0.25, 0.3) is 22.0 Å². The zero-order valence-corrected chi connectivity index (χ0v) is 14.9. The summed E-state index contributed by atoms with van der Waals surface area (Å²) in [6, 6.07) is 23.4. The molecule has 2 heterocycles. The van der Waals surface area contributed by atoms with Crippen LogP contribution in [0.5, 0.6) is 0 Å². The number of para-hydroxylation sites is 2. The van der Waals surface area contributed by atoms with Gasteiger partial charge in [0.1, 0.15) is 0 Å². The molecule has 1 aliphatic heterocycles. The van der Waals surface area contributed by atoms with Crippen LogP contribution in [0, 0.1) is 0 Å².